The van der Waals surface area contributed by atoms with E-state index in [0.29, 0.717) is 11.6 Å². The largest absolute Gasteiger partial charge is 0.368 e. The van der Waals surface area contributed by atoms with E-state index in [1.807, 2.05) is 0 Å². The van der Waals surface area contributed by atoms with E-state index < -0.39 is 0 Å². The first-order valence-electron chi connectivity index (χ1n) is 6.16. The fourth-order valence-electron chi connectivity index (χ4n) is 2.50. The Hall–Kier alpha value is -1.38. The maximum atomic E-state index is 13.2. The minimum Gasteiger partial charge on any atom is -0.368 e. The molecule has 1 unspecified atom stereocenters. The Morgan fingerprint density at radius 2 is 2.18 bits per heavy atom. The standard InChI is InChI=1S/C14H18FNO/c1-10-5-3-4-8-16(10)14-7-6-12(15)9-13(14)11(2)17/h6-7,9-10H,3-5,8H2,1-2H3. The van der Waals surface area contributed by atoms with Gasteiger partial charge in [0.2, 0.25) is 0 Å². The maximum absolute atomic E-state index is 13.2. The predicted molar refractivity (Wildman–Crippen MR) is 67.1 cm³/mol. The number of ketones is 1. The molecule has 0 radical (unpaired) electrons. The van der Waals surface area contributed by atoms with Crippen LogP contribution in [0.15, 0.2) is 18.2 Å². The smallest absolute Gasteiger partial charge is 0.161 e. The van der Waals surface area contributed by atoms with Crippen molar-refractivity contribution >= 4 is 11.5 Å². The van der Waals surface area contributed by atoms with Crippen molar-refractivity contribution in [2.45, 2.75) is 39.2 Å². The molecule has 0 amide bonds. The van der Waals surface area contributed by atoms with Crippen molar-refractivity contribution in [2.75, 3.05) is 11.4 Å². The lowest BCUT2D eigenvalue weighted by atomic mass is 10.00. The van der Waals surface area contributed by atoms with Gasteiger partial charge in [-0.1, -0.05) is 0 Å². The van der Waals surface area contributed by atoms with Gasteiger partial charge in [-0.3, -0.25) is 4.79 Å². The Morgan fingerprint density at radius 3 is 2.82 bits per heavy atom. The van der Waals surface area contributed by atoms with Gasteiger partial charge in [-0.25, -0.2) is 4.39 Å². The van der Waals surface area contributed by atoms with Crippen LogP contribution in [0.3, 0.4) is 0 Å². The molecule has 1 aliphatic rings. The zero-order valence-electron chi connectivity index (χ0n) is 10.4. The van der Waals surface area contributed by atoms with Gasteiger partial charge in [0.15, 0.2) is 5.78 Å². The normalized spacial score (nSPS) is 20.4. The lowest BCUT2D eigenvalue weighted by molar-refractivity contribution is 0.101. The van der Waals surface area contributed by atoms with Gasteiger partial charge in [0.05, 0.1) is 0 Å². The quantitative estimate of drug-likeness (QED) is 0.732. The first-order valence-corrected chi connectivity index (χ1v) is 6.16. The Labute approximate surface area is 101 Å². The maximum Gasteiger partial charge on any atom is 0.161 e. The fourth-order valence-corrected chi connectivity index (χ4v) is 2.50. The third-order valence-corrected chi connectivity index (χ3v) is 3.45. The SMILES string of the molecule is CC(=O)c1cc(F)ccc1N1CCCCC1C. The highest BCUT2D eigenvalue weighted by atomic mass is 19.1. The van der Waals surface area contributed by atoms with E-state index in [9.17, 15) is 9.18 Å². The van der Waals surface area contributed by atoms with Gasteiger partial charge in [-0.15, -0.1) is 0 Å². The molecule has 0 N–H and O–H groups in total. The van der Waals surface area contributed by atoms with Crippen LogP contribution in [0, 0.1) is 5.82 Å². The Kier molecular flexibility index (Phi) is 3.46. The van der Waals surface area contributed by atoms with Crippen molar-refractivity contribution < 1.29 is 9.18 Å². The van der Waals surface area contributed by atoms with Gasteiger partial charge < -0.3 is 4.90 Å². The number of carbonyl (C=O) groups excluding carboxylic acids is 1. The van der Waals surface area contributed by atoms with Crippen molar-refractivity contribution in [2.24, 2.45) is 0 Å². The number of hydrogen-bond donors (Lipinski definition) is 0. The number of rotatable bonds is 2. The van der Waals surface area contributed by atoms with Gasteiger partial charge in [-0.05, 0) is 51.3 Å². The molecule has 1 atom stereocenters. The minimum atomic E-state index is -0.344. The van der Waals surface area contributed by atoms with Crippen LogP contribution in [0.25, 0.3) is 0 Å². The molecule has 1 aromatic rings. The third kappa shape index (κ3) is 2.48. The minimum absolute atomic E-state index is 0.0720. The van der Waals surface area contributed by atoms with Crippen LogP contribution < -0.4 is 4.90 Å². The topological polar surface area (TPSA) is 20.3 Å². The number of hydrogen-bond acceptors (Lipinski definition) is 2. The Morgan fingerprint density at radius 1 is 1.41 bits per heavy atom. The van der Waals surface area contributed by atoms with Gasteiger partial charge in [0.1, 0.15) is 5.82 Å². The van der Waals surface area contributed by atoms with Crippen LogP contribution in [0.1, 0.15) is 43.5 Å². The van der Waals surface area contributed by atoms with Crippen LogP contribution in [0.4, 0.5) is 10.1 Å². The Bertz CT molecular complexity index is 430. The Balaban J connectivity index is 2.39. The van der Waals surface area contributed by atoms with E-state index in [1.165, 1.54) is 25.5 Å². The average Bonchev–Trinajstić information content (AvgIpc) is 2.30. The molecule has 1 fully saturated rings. The number of nitrogens with zero attached hydrogens (tertiary/aromatic N) is 1. The number of carbonyl (C=O) groups is 1. The highest BCUT2D eigenvalue weighted by Crippen LogP contribution is 2.28. The van der Waals surface area contributed by atoms with Crippen molar-refractivity contribution in [1.29, 1.82) is 0 Å². The van der Waals surface area contributed by atoms with Crippen LogP contribution in [0.5, 0.6) is 0 Å². The van der Waals surface area contributed by atoms with Crippen LogP contribution in [-0.4, -0.2) is 18.4 Å². The summed E-state index contributed by atoms with van der Waals surface area (Å²) < 4.78 is 13.2. The lowest BCUT2D eigenvalue weighted by Crippen LogP contribution is -2.38. The lowest BCUT2D eigenvalue weighted by Gasteiger charge is -2.36. The summed E-state index contributed by atoms with van der Waals surface area (Å²) in [5, 5.41) is 0. The average molecular weight is 235 g/mol. The van der Waals surface area contributed by atoms with Crippen molar-refractivity contribution in [3.05, 3.63) is 29.6 Å². The summed E-state index contributed by atoms with van der Waals surface area (Å²) >= 11 is 0. The van der Waals surface area contributed by atoms with E-state index in [4.69, 9.17) is 0 Å². The van der Waals surface area contributed by atoms with Crippen molar-refractivity contribution in [1.82, 2.24) is 0 Å². The molecule has 1 saturated heterocycles. The second kappa shape index (κ2) is 4.86. The van der Waals surface area contributed by atoms with E-state index >= 15 is 0 Å². The highest BCUT2D eigenvalue weighted by molar-refractivity contribution is 5.99. The summed E-state index contributed by atoms with van der Waals surface area (Å²) in [4.78, 5) is 13.8. The molecule has 0 saturated carbocycles. The second-order valence-corrected chi connectivity index (χ2v) is 4.76. The summed E-state index contributed by atoms with van der Waals surface area (Å²) in [7, 11) is 0. The number of benzene rings is 1. The van der Waals surface area contributed by atoms with Crippen LogP contribution in [-0.2, 0) is 0 Å². The highest BCUT2D eigenvalue weighted by Gasteiger charge is 2.22. The summed E-state index contributed by atoms with van der Waals surface area (Å²) in [5.74, 6) is -0.416. The zero-order chi connectivity index (χ0) is 12.4. The third-order valence-electron chi connectivity index (χ3n) is 3.45. The molecule has 1 aliphatic heterocycles. The summed E-state index contributed by atoms with van der Waals surface area (Å²) in [5.41, 5.74) is 1.38. The molecular weight excluding hydrogens is 217 g/mol. The first-order chi connectivity index (χ1) is 8.09. The summed E-state index contributed by atoms with van der Waals surface area (Å²) in [6, 6.07) is 4.93. The molecule has 1 aromatic carbocycles. The number of halogens is 1. The molecule has 1 heterocycles. The second-order valence-electron chi connectivity index (χ2n) is 4.76. The molecule has 2 rings (SSSR count). The molecule has 17 heavy (non-hydrogen) atoms. The van der Waals surface area contributed by atoms with Crippen molar-refractivity contribution in [3.63, 3.8) is 0 Å². The van der Waals surface area contributed by atoms with Gasteiger partial charge >= 0.3 is 0 Å². The molecule has 92 valence electrons. The zero-order valence-corrected chi connectivity index (χ0v) is 10.4. The van der Waals surface area contributed by atoms with Gasteiger partial charge in [0, 0.05) is 23.8 Å². The monoisotopic (exact) mass is 235 g/mol. The van der Waals surface area contributed by atoms with Crippen LogP contribution in [0.2, 0.25) is 0 Å². The number of anilines is 1. The van der Waals surface area contributed by atoms with E-state index in [2.05, 4.69) is 11.8 Å². The molecule has 0 aromatic heterocycles. The van der Waals surface area contributed by atoms with Gasteiger partial charge in [-0.2, -0.15) is 0 Å². The predicted octanol–water partition coefficient (Wildman–Crippen LogP) is 3.41. The first kappa shape index (κ1) is 12.1. The van der Waals surface area contributed by atoms with E-state index in [1.54, 1.807) is 6.07 Å². The molecule has 0 aliphatic carbocycles. The fraction of sp³-hybridized carbons (Fsp3) is 0.500. The summed E-state index contributed by atoms with van der Waals surface area (Å²) in [6.45, 7) is 4.60. The molecule has 0 bridgehead atoms. The number of Topliss-reactive ketones (excluding diaryl/α,β-unsaturated/α-hetero) is 1. The van der Waals surface area contributed by atoms with Gasteiger partial charge in [0.25, 0.3) is 0 Å². The van der Waals surface area contributed by atoms with E-state index in [-0.39, 0.29) is 11.6 Å². The molecule has 2 nitrogen and oxygen atoms in total. The molecule has 3 heteroatoms. The van der Waals surface area contributed by atoms with E-state index in [0.717, 1.165) is 25.1 Å². The number of piperidine rings is 1. The van der Waals surface area contributed by atoms with Crippen molar-refractivity contribution in [3.8, 4) is 0 Å². The molecular formula is C14H18FNO. The summed E-state index contributed by atoms with van der Waals surface area (Å²) in [6.07, 6.45) is 3.50. The molecule has 0 spiro atoms. The van der Waals surface area contributed by atoms with Crippen LogP contribution >= 0.6 is 0 Å².